The Kier molecular flexibility index (Phi) is 3.34. The van der Waals surface area contributed by atoms with E-state index in [-0.39, 0.29) is 12.1 Å². The summed E-state index contributed by atoms with van der Waals surface area (Å²) in [6.45, 7) is 0. The molecule has 0 spiro atoms. The first-order valence-electron chi connectivity index (χ1n) is 4.36. The van der Waals surface area contributed by atoms with Crippen LogP contribution in [-0.2, 0) is 0 Å². The van der Waals surface area contributed by atoms with Crippen LogP contribution in [0.15, 0.2) is 0 Å². The summed E-state index contributed by atoms with van der Waals surface area (Å²) in [5.74, 6) is 0. The van der Waals surface area contributed by atoms with Crippen LogP contribution in [0, 0.1) is 0 Å². The van der Waals surface area contributed by atoms with E-state index in [1.54, 1.807) is 0 Å². The van der Waals surface area contributed by atoms with Gasteiger partial charge in [0.25, 0.3) is 0 Å². The first-order valence-corrected chi connectivity index (χ1v) is 4.36. The molecule has 0 radical (unpaired) electrons. The number of amides is 1. The van der Waals surface area contributed by atoms with E-state index < -0.39 is 6.09 Å². The standard InChI is InChI=1S/C8H15NO3/c10-7-4-2-1-3-6(5-7)9-8(11)12/h6-7,9-10H,1-5H2,(H,11,12)/t6?,7-/m0/s1. The maximum Gasteiger partial charge on any atom is 0.404 e. The Labute approximate surface area is 71.6 Å². The first-order chi connectivity index (χ1) is 5.68. The van der Waals surface area contributed by atoms with Crippen molar-refractivity contribution in [2.45, 2.75) is 44.2 Å². The molecule has 1 amide bonds. The molecular formula is C8H15NO3. The Bertz CT molecular complexity index is 160. The lowest BCUT2D eigenvalue weighted by Crippen LogP contribution is -2.35. The van der Waals surface area contributed by atoms with Crippen LogP contribution in [0.3, 0.4) is 0 Å². The van der Waals surface area contributed by atoms with Gasteiger partial charge in [-0.3, -0.25) is 0 Å². The van der Waals surface area contributed by atoms with Crippen LogP contribution in [0.25, 0.3) is 0 Å². The van der Waals surface area contributed by atoms with Crippen molar-refractivity contribution < 1.29 is 15.0 Å². The highest BCUT2D eigenvalue weighted by molar-refractivity contribution is 5.64. The van der Waals surface area contributed by atoms with Gasteiger partial charge < -0.3 is 15.5 Å². The highest BCUT2D eigenvalue weighted by Gasteiger charge is 2.19. The van der Waals surface area contributed by atoms with E-state index in [9.17, 15) is 9.90 Å². The number of carboxylic acid groups (broad SMARTS) is 1. The van der Waals surface area contributed by atoms with Crippen LogP contribution in [-0.4, -0.2) is 28.5 Å². The van der Waals surface area contributed by atoms with Crippen LogP contribution in [0.1, 0.15) is 32.1 Å². The van der Waals surface area contributed by atoms with E-state index in [0.717, 1.165) is 25.7 Å². The number of aliphatic hydroxyl groups excluding tert-OH is 1. The summed E-state index contributed by atoms with van der Waals surface area (Å²) in [5.41, 5.74) is 0. The number of aliphatic hydroxyl groups is 1. The number of rotatable bonds is 1. The zero-order valence-corrected chi connectivity index (χ0v) is 6.99. The molecule has 0 aliphatic heterocycles. The van der Waals surface area contributed by atoms with E-state index in [1.165, 1.54) is 0 Å². The second kappa shape index (κ2) is 4.30. The smallest absolute Gasteiger partial charge is 0.404 e. The third-order valence-electron chi connectivity index (χ3n) is 2.22. The quantitative estimate of drug-likeness (QED) is 0.517. The van der Waals surface area contributed by atoms with Gasteiger partial charge in [-0.1, -0.05) is 12.8 Å². The lowest BCUT2D eigenvalue weighted by molar-refractivity contribution is 0.143. The van der Waals surface area contributed by atoms with Gasteiger partial charge in [0.2, 0.25) is 0 Å². The van der Waals surface area contributed by atoms with Gasteiger partial charge in [0.15, 0.2) is 0 Å². The van der Waals surface area contributed by atoms with Crippen molar-refractivity contribution in [3.63, 3.8) is 0 Å². The summed E-state index contributed by atoms with van der Waals surface area (Å²) < 4.78 is 0. The van der Waals surface area contributed by atoms with Crippen LogP contribution < -0.4 is 5.32 Å². The molecule has 0 aromatic heterocycles. The molecule has 4 nitrogen and oxygen atoms in total. The third-order valence-corrected chi connectivity index (χ3v) is 2.22. The van der Waals surface area contributed by atoms with Gasteiger partial charge in [-0.25, -0.2) is 4.79 Å². The summed E-state index contributed by atoms with van der Waals surface area (Å²) in [7, 11) is 0. The summed E-state index contributed by atoms with van der Waals surface area (Å²) >= 11 is 0. The van der Waals surface area contributed by atoms with Gasteiger partial charge in [-0.05, 0) is 19.3 Å². The lowest BCUT2D eigenvalue weighted by Gasteiger charge is -2.15. The van der Waals surface area contributed by atoms with Crippen molar-refractivity contribution in [2.75, 3.05) is 0 Å². The van der Waals surface area contributed by atoms with Gasteiger partial charge in [-0.2, -0.15) is 0 Å². The minimum Gasteiger partial charge on any atom is -0.465 e. The van der Waals surface area contributed by atoms with Crippen molar-refractivity contribution in [1.82, 2.24) is 5.32 Å². The molecule has 12 heavy (non-hydrogen) atoms. The summed E-state index contributed by atoms with van der Waals surface area (Å²) in [6, 6.07) is -0.0556. The Morgan fingerprint density at radius 2 is 2.00 bits per heavy atom. The maximum absolute atomic E-state index is 10.3. The molecule has 4 heteroatoms. The number of nitrogens with one attached hydrogen (secondary N) is 1. The molecule has 0 bridgehead atoms. The maximum atomic E-state index is 10.3. The molecule has 1 rings (SSSR count). The van der Waals surface area contributed by atoms with Gasteiger partial charge in [0.1, 0.15) is 0 Å². The Balaban J connectivity index is 2.35. The molecule has 0 saturated heterocycles. The van der Waals surface area contributed by atoms with Crippen LogP contribution in [0.4, 0.5) is 4.79 Å². The van der Waals surface area contributed by atoms with E-state index in [1.807, 2.05) is 0 Å². The van der Waals surface area contributed by atoms with E-state index >= 15 is 0 Å². The molecule has 2 atom stereocenters. The summed E-state index contributed by atoms with van der Waals surface area (Å²) in [4.78, 5) is 10.3. The Morgan fingerprint density at radius 3 is 2.67 bits per heavy atom. The summed E-state index contributed by atoms with van der Waals surface area (Å²) in [5, 5.41) is 20.2. The number of hydrogen-bond donors (Lipinski definition) is 3. The van der Waals surface area contributed by atoms with Gasteiger partial charge in [0, 0.05) is 6.04 Å². The molecule has 0 aromatic carbocycles. The molecule has 1 aliphatic carbocycles. The fourth-order valence-corrected chi connectivity index (χ4v) is 1.64. The van der Waals surface area contributed by atoms with Gasteiger partial charge in [0.05, 0.1) is 6.10 Å². The molecule has 1 unspecified atom stereocenters. The fraction of sp³-hybridized carbons (Fsp3) is 0.875. The van der Waals surface area contributed by atoms with Gasteiger partial charge >= 0.3 is 6.09 Å². The monoisotopic (exact) mass is 173 g/mol. The summed E-state index contributed by atoms with van der Waals surface area (Å²) in [6.07, 6.45) is 2.90. The predicted molar refractivity (Wildman–Crippen MR) is 44.0 cm³/mol. The highest BCUT2D eigenvalue weighted by Crippen LogP contribution is 2.17. The average Bonchev–Trinajstić information content (AvgIpc) is 2.12. The zero-order chi connectivity index (χ0) is 8.97. The van der Waals surface area contributed by atoms with Crippen molar-refractivity contribution in [3.8, 4) is 0 Å². The normalized spacial score (nSPS) is 30.8. The molecule has 70 valence electrons. The largest absolute Gasteiger partial charge is 0.465 e. The van der Waals surface area contributed by atoms with E-state index in [0.29, 0.717) is 6.42 Å². The van der Waals surface area contributed by atoms with Crippen molar-refractivity contribution in [2.24, 2.45) is 0 Å². The number of carbonyl (C=O) groups is 1. The molecule has 0 heterocycles. The minimum atomic E-state index is -0.992. The SMILES string of the molecule is O=C(O)NC1CCCC[C@H](O)C1. The Hall–Kier alpha value is -0.770. The van der Waals surface area contributed by atoms with E-state index in [4.69, 9.17) is 5.11 Å². The molecule has 1 fully saturated rings. The zero-order valence-electron chi connectivity index (χ0n) is 6.99. The van der Waals surface area contributed by atoms with Crippen molar-refractivity contribution in [3.05, 3.63) is 0 Å². The van der Waals surface area contributed by atoms with Crippen LogP contribution in [0.5, 0.6) is 0 Å². The minimum absolute atomic E-state index is 0.0556. The fourth-order valence-electron chi connectivity index (χ4n) is 1.64. The average molecular weight is 173 g/mol. The van der Waals surface area contributed by atoms with Crippen LogP contribution >= 0.6 is 0 Å². The molecular weight excluding hydrogens is 158 g/mol. The lowest BCUT2D eigenvalue weighted by atomic mass is 10.1. The molecule has 0 aromatic rings. The van der Waals surface area contributed by atoms with E-state index in [2.05, 4.69) is 5.32 Å². The Morgan fingerprint density at radius 1 is 1.33 bits per heavy atom. The third kappa shape index (κ3) is 3.09. The van der Waals surface area contributed by atoms with Crippen molar-refractivity contribution >= 4 is 6.09 Å². The predicted octanol–water partition coefficient (Wildman–Crippen LogP) is 0.948. The highest BCUT2D eigenvalue weighted by atomic mass is 16.4. The second-order valence-corrected chi connectivity index (χ2v) is 3.32. The van der Waals surface area contributed by atoms with Crippen LogP contribution in [0.2, 0.25) is 0 Å². The van der Waals surface area contributed by atoms with Gasteiger partial charge in [-0.15, -0.1) is 0 Å². The number of hydrogen-bond acceptors (Lipinski definition) is 2. The first kappa shape index (κ1) is 9.32. The molecule has 1 aliphatic rings. The molecule has 3 N–H and O–H groups in total. The van der Waals surface area contributed by atoms with Crippen molar-refractivity contribution in [1.29, 1.82) is 0 Å². The topological polar surface area (TPSA) is 69.6 Å². The second-order valence-electron chi connectivity index (χ2n) is 3.32. The molecule has 1 saturated carbocycles.